The predicted octanol–water partition coefficient (Wildman–Crippen LogP) is 2.17. The first-order chi connectivity index (χ1) is 11.1. The van der Waals surface area contributed by atoms with E-state index in [1.54, 1.807) is 6.20 Å². The molecular weight excluding hydrogens is 290 g/mol. The van der Waals surface area contributed by atoms with E-state index >= 15 is 0 Å². The molecule has 0 bridgehead atoms. The number of rotatable bonds is 8. The molecule has 0 spiro atoms. The molecule has 1 atom stereocenters. The summed E-state index contributed by atoms with van der Waals surface area (Å²) in [5.41, 5.74) is 1.62. The van der Waals surface area contributed by atoms with Crippen LogP contribution in [0.1, 0.15) is 61.5 Å². The van der Waals surface area contributed by atoms with Crippen LogP contribution in [0.4, 0.5) is 0 Å². The molecule has 23 heavy (non-hydrogen) atoms. The van der Waals surface area contributed by atoms with Gasteiger partial charge in [-0.1, -0.05) is 13.8 Å². The first-order valence-corrected chi connectivity index (χ1v) is 8.71. The van der Waals surface area contributed by atoms with Gasteiger partial charge >= 0.3 is 0 Å². The van der Waals surface area contributed by atoms with Crippen LogP contribution >= 0.6 is 0 Å². The number of likely N-dealkylation sites (tertiary alicyclic amines) is 1. The minimum absolute atomic E-state index is 0.0535. The van der Waals surface area contributed by atoms with Crippen LogP contribution in [0, 0.1) is 0 Å². The van der Waals surface area contributed by atoms with Gasteiger partial charge in [-0.3, -0.25) is 14.7 Å². The van der Waals surface area contributed by atoms with Crippen molar-refractivity contribution in [1.29, 1.82) is 0 Å². The molecule has 1 aliphatic heterocycles. The van der Waals surface area contributed by atoms with Crippen LogP contribution in [0.3, 0.4) is 0 Å². The van der Waals surface area contributed by atoms with E-state index in [2.05, 4.69) is 29.0 Å². The summed E-state index contributed by atoms with van der Waals surface area (Å²) < 4.78 is 0. The molecule has 0 radical (unpaired) electrons. The molecule has 1 unspecified atom stereocenters. The maximum atomic E-state index is 12.0. The number of aromatic nitrogens is 1. The zero-order valence-corrected chi connectivity index (χ0v) is 14.3. The maximum Gasteiger partial charge on any atom is 0.252 e. The van der Waals surface area contributed by atoms with E-state index in [1.165, 1.54) is 6.42 Å². The van der Waals surface area contributed by atoms with Gasteiger partial charge in [-0.15, -0.1) is 0 Å². The second-order valence-corrected chi connectivity index (χ2v) is 6.60. The number of amides is 1. The molecule has 2 N–H and O–H groups in total. The van der Waals surface area contributed by atoms with Gasteiger partial charge in [0.25, 0.3) is 5.91 Å². The molecule has 5 nitrogen and oxygen atoms in total. The molecule has 0 saturated carbocycles. The summed E-state index contributed by atoms with van der Waals surface area (Å²) in [6.07, 6.45) is 5.94. The molecule has 1 amide bonds. The molecule has 1 aliphatic rings. The first-order valence-electron chi connectivity index (χ1n) is 8.71. The fraction of sp³-hybridized carbons (Fsp3) is 0.667. The summed E-state index contributed by atoms with van der Waals surface area (Å²) in [6.45, 7) is 7.21. The highest BCUT2D eigenvalue weighted by molar-refractivity contribution is 5.93. The van der Waals surface area contributed by atoms with Crippen LogP contribution < -0.4 is 5.32 Å². The fourth-order valence-electron chi connectivity index (χ4n) is 3.02. The van der Waals surface area contributed by atoms with E-state index in [4.69, 9.17) is 0 Å². The van der Waals surface area contributed by atoms with Crippen molar-refractivity contribution < 1.29 is 9.90 Å². The van der Waals surface area contributed by atoms with Crippen molar-refractivity contribution in [3.05, 3.63) is 29.6 Å². The van der Waals surface area contributed by atoms with Crippen molar-refractivity contribution in [2.24, 2.45) is 0 Å². The minimum atomic E-state index is -0.0535. The largest absolute Gasteiger partial charge is 0.395 e. The van der Waals surface area contributed by atoms with Crippen molar-refractivity contribution in [2.75, 3.05) is 26.2 Å². The molecular formula is C18H29N3O2. The number of carbonyl (C=O) groups is 1. The van der Waals surface area contributed by atoms with Gasteiger partial charge in [-0.25, -0.2) is 0 Å². The van der Waals surface area contributed by atoms with Gasteiger partial charge in [0.05, 0.1) is 12.2 Å². The molecule has 5 heteroatoms. The van der Waals surface area contributed by atoms with Gasteiger partial charge in [-0.2, -0.15) is 0 Å². The van der Waals surface area contributed by atoms with E-state index in [-0.39, 0.29) is 12.5 Å². The lowest BCUT2D eigenvalue weighted by Gasteiger charge is -2.22. The minimum Gasteiger partial charge on any atom is -0.395 e. The highest BCUT2D eigenvalue weighted by Crippen LogP contribution is 2.16. The quantitative estimate of drug-likeness (QED) is 0.721. The molecule has 0 aliphatic carbocycles. The number of nitrogens with one attached hydrogen (secondary N) is 1. The lowest BCUT2D eigenvalue weighted by molar-refractivity contribution is 0.0951. The normalized spacial score (nSPS) is 18.5. The van der Waals surface area contributed by atoms with E-state index < -0.39 is 0 Å². The Balaban J connectivity index is 1.64. The first kappa shape index (κ1) is 17.9. The van der Waals surface area contributed by atoms with Gasteiger partial charge < -0.3 is 10.4 Å². The smallest absolute Gasteiger partial charge is 0.252 e. The summed E-state index contributed by atoms with van der Waals surface area (Å²) >= 11 is 0. The third kappa shape index (κ3) is 5.29. The van der Waals surface area contributed by atoms with Crippen LogP contribution in [0.2, 0.25) is 0 Å². The predicted molar refractivity (Wildman–Crippen MR) is 91.6 cm³/mol. The number of hydrogen-bond donors (Lipinski definition) is 2. The van der Waals surface area contributed by atoms with Crippen molar-refractivity contribution in [2.45, 2.75) is 51.5 Å². The lowest BCUT2D eigenvalue weighted by Crippen LogP contribution is -2.33. The number of aliphatic hydroxyl groups excluding tert-OH is 1. The molecule has 1 aromatic rings. The summed E-state index contributed by atoms with van der Waals surface area (Å²) in [5, 5.41) is 12.2. The van der Waals surface area contributed by atoms with Gasteiger partial charge in [0, 0.05) is 24.5 Å². The number of pyridine rings is 1. The Kier molecular flexibility index (Phi) is 6.99. The molecule has 1 aromatic heterocycles. The van der Waals surface area contributed by atoms with E-state index in [9.17, 15) is 9.90 Å². The highest BCUT2D eigenvalue weighted by Gasteiger charge is 2.22. The van der Waals surface area contributed by atoms with Crippen LogP contribution in [-0.4, -0.2) is 53.2 Å². The van der Waals surface area contributed by atoms with Gasteiger partial charge in [0.1, 0.15) is 0 Å². The van der Waals surface area contributed by atoms with Crippen molar-refractivity contribution in [1.82, 2.24) is 15.2 Å². The molecule has 1 fully saturated rings. The number of hydrogen-bond acceptors (Lipinski definition) is 4. The summed E-state index contributed by atoms with van der Waals surface area (Å²) in [6, 6.07) is 4.10. The summed E-state index contributed by atoms with van der Waals surface area (Å²) in [4.78, 5) is 18.7. The average Bonchev–Trinajstić information content (AvgIpc) is 3.02. The Hall–Kier alpha value is -1.46. The highest BCUT2D eigenvalue weighted by atomic mass is 16.3. The van der Waals surface area contributed by atoms with Crippen LogP contribution in [0.5, 0.6) is 0 Å². The summed E-state index contributed by atoms with van der Waals surface area (Å²) in [5.74, 6) is 0.322. The SMILES string of the molecule is CC(C)c1ccc(C(=O)NCCCCN2CCCC2CO)cn1. The standard InChI is InChI=1S/C18H29N3O2/c1-14(2)17-8-7-15(12-20-17)18(23)19-9-3-4-10-21-11-5-6-16(21)13-22/h7-8,12,14,16,22H,3-6,9-11,13H2,1-2H3,(H,19,23). The Morgan fingerprint density at radius 1 is 1.43 bits per heavy atom. The van der Waals surface area contributed by atoms with Crippen molar-refractivity contribution >= 4 is 5.91 Å². The number of carbonyl (C=O) groups excluding carboxylic acids is 1. The summed E-state index contributed by atoms with van der Waals surface area (Å²) in [7, 11) is 0. The Morgan fingerprint density at radius 3 is 2.91 bits per heavy atom. The second-order valence-electron chi connectivity index (χ2n) is 6.60. The second kappa shape index (κ2) is 8.99. The molecule has 2 rings (SSSR count). The maximum absolute atomic E-state index is 12.0. The Labute approximate surface area is 139 Å². The lowest BCUT2D eigenvalue weighted by atomic mass is 10.1. The van der Waals surface area contributed by atoms with Crippen molar-refractivity contribution in [3.63, 3.8) is 0 Å². The zero-order valence-electron chi connectivity index (χ0n) is 14.3. The monoisotopic (exact) mass is 319 g/mol. The molecule has 128 valence electrons. The van der Waals surface area contributed by atoms with Crippen LogP contribution in [0.25, 0.3) is 0 Å². The third-order valence-electron chi connectivity index (χ3n) is 4.51. The topological polar surface area (TPSA) is 65.5 Å². The molecule has 1 saturated heterocycles. The average molecular weight is 319 g/mol. The zero-order chi connectivity index (χ0) is 16.7. The van der Waals surface area contributed by atoms with Gasteiger partial charge in [0.2, 0.25) is 0 Å². The van der Waals surface area contributed by atoms with Crippen LogP contribution in [0.15, 0.2) is 18.3 Å². The molecule has 2 heterocycles. The van der Waals surface area contributed by atoms with Gasteiger partial charge in [0.15, 0.2) is 0 Å². The van der Waals surface area contributed by atoms with E-state index in [0.29, 0.717) is 24.1 Å². The van der Waals surface area contributed by atoms with Crippen LogP contribution in [-0.2, 0) is 0 Å². The van der Waals surface area contributed by atoms with Crippen molar-refractivity contribution in [3.8, 4) is 0 Å². The van der Waals surface area contributed by atoms with Gasteiger partial charge in [-0.05, 0) is 56.8 Å². The third-order valence-corrected chi connectivity index (χ3v) is 4.51. The number of unbranched alkanes of at least 4 members (excludes halogenated alkanes) is 1. The fourth-order valence-corrected chi connectivity index (χ4v) is 3.02. The Bertz CT molecular complexity index is 488. The molecule has 0 aromatic carbocycles. The van der Waals surface area contributed by atoms with E-state index in [1.807, 2.05) is 12.1 Å². The Morgan fingerprint density at radius 2 is 2.26 bits per heavy atom. The number of aliphatic hydroxyl groups is 1. The van der Waals surface area contributed by atoms with E-state index in [0.717, 1.165) is 38.0 Å². The number of nitrogens with zero attached hydrogens (tertiary/aromatic N) is 2.